The number of nitrogens with one attached hydrogen (secondary N) is 1. The van der Waals surface area contributed by atoms with Crippen LogP contribution < -0.4 is 5.32 Å². The summed E-state index contributed by atoms with van der Waals surface area (Å²) in [7, 11) is 0. The maximum atomic E-state index is 11.9. The van der Waals surface area contributed by atoms with Crippen LogP contribution in [-0.4, -0.2) is 50.0 Å². The molecule has 0 bridgehead atoms. The van der Waals surface area contributed by atoms with E-state index in [-0.39, 0.29) is 17.2 Å². The summed E-state index contributed by atoms with van der Waals surface area (Å²) < 4.78 is -0.544. The van der Waals surface area contributed by atoms with Gasteiger partial charge in [0.15, 0.2) is 0 Å². The molecule has 3 unspecified atom stereocenters. The Balaban J connectivity index is 2.16. The Kier molecular flexibility index (Phi) is 3.04. The number of fused-ring (bicyclic) bond motifs is 1. The normalized spacial score (nSPS) is 32.7. The van der Waals surface area contributed by atoms with Crippen LogP contribution in [0.25, 0.3) is 0 Å². The fraction of sp³-hybridized carbons (Fsp3) is 0.727. The number of nitrogens with zero attached hydrogens (tertiary/aromatic N) is 1. The summed E-state index contributed by atoms with van der Waals surface area (Å²) in [5.74, 6) is -1.49. The number of hydrogen-bond acceptors (Lipinski definition) is 4. The molecule has 2 aliphatic heterocycles. The van der Waals surface area contributed by atoms with Crippen molar-refractivity contribution >= 4 is 29.5 Å². The van der Waals surface area contributed by atoms with E-state index in [2.05, 4.69) is 5.32 Å². The molecule has 2 heterocycles. The first-order chi connectivity index (χ1) is 8.29. The lowest BCUT2D eigenvalue weighted by molar-refractivity contribution is -0.161. The molecule has 0 aromatic rings. The molecule has 2 rings (SSSR count). The first-order valence-corrected chi connectivity index (χ1v) is 6.69. The van der Waals surface area contributed by atoms with E-state index in [4.69, 9.17) is 0 Å². The van der Waals surface area contributed by atoms with Gasteiger partial charge < -0.3 is 15.3 Å². The molecule has 0 aliphatic carbocycles. The van der Waals surface area contributed by atoms with Crippen LogP contribution in [-0.2, 0) is 14.4 Å². The van der Waals surface area contributed by atoms with Gasteiger partial charge in [0.2, 0.25) is 11.8 Å². The van der Waals surface area contributed by atoms with Crippen molar-refractivity contribution in [2.24, 2.45) is 0 Å². The molecule has 0 spiro atoms. The third-order valence-corrected chi connectivity index (χ3v) is 4.88. The van der Waals surface area contributed by atoms with Crippen molar-refractivity contribution < 1.29 is 19.5 Å². The van der Waals surface area contributed by atoms with Gasteiger partial charge in [-0.2, -0.15) is 0 Å². The van der Waals surface area contributed by atoms with Crippen LogP contribution in [0.5, 0.6) is 0 Å². The summed E-state index contributed by atoms with van der Waals surface area (Å²) in [4.78, 5) is 35.9. The second kappa shape index (κ2) is 4.15. The van der Waals surface area contributed by atoms with E-state index < -0.39 is 22.8 Å². The Morgan fingerprint density at radius 2 is 2.11 bits per heavy atom. The van der Waals surface area contributed by atoms with Crippen molar-refractivity contribution in [2.75, 3.05) is 0 Å². The number of carboxylic acids is 1. The van der Waals surface area contributed by atoms with Crippen molar-refractivity contribution in [3.8, 4) is 0 Å². The highest BCUT2D eigenvalue weighted by atomic mass is 32.2. The van der Waals surface area contributed by atoms with Crippen LogP contribution in [0.2, 0.25) is 0 Å². The first-order valence-electron chi connectivity index (χ1n) is 5.81. The molecule has 0 aromatic heterocycles. The van der Waals surface area contributed by atoms with Crippen LogP contribution in [0.3, 0.4) is 0 Å². The van der Waals surface area contributed by atoms with Crippen LogP contribution in [0.4, 0.5) is 0 Å². The van der Waals surface area contributed by atoms with Gasteiger partial charge in [-0.3, -0.25) is 9.59 Å². The van der Waals surface area contributed by atoms with Gasteiger partial charge in [0.1, 0.15) is 17.5 Å². The molecule has 7 heteroatoms. The monoisotopic (exact) mass is 272 g/mol. The summed E-state index contributed by atoms with van der Waals surface area (Å²) in [6.45, 7) is 5.32. The Hall–Kier alpha value is -1.24. The first kappa shape index (κ1) is 13.2. The standard InChI is InChI=1S/C11H16N2O4S/c1-4-5(14)12-6-8(15)13-7(10(16)17)11(2,3)18-9(6)13/h6-7,9H,4H2,1-3H3,(H,12,14)(H,16,17). The van der Waals surface area contributed by atoms with E-state index in [0.29, 0.717) is 6.42 Å². The van der Waals surface area contributed by atoms with Crippen LogP contribution in [0, 0.1) is 0 Å². The molecule has 18 heavy (non-hydrogen) atoms. The van der Waals surface area contributed by atoms with Gasteiger partial charge in [-0.05, 0) is 13.8 Å². The lowest BCUT2D eigenvalue weighted by atomic mass is 9.96. The third-order valence-electron chi connectivity index (χ3n) is 3.31. The van der Waals surface area contributed by atoms with Gasteiger partial charge in [0.25, 0.3) is 0 Å². The van der Waals surface area contributed by atoms with Crippen molar-refractivity contribution in [1.82, 2.24) is 10.2 Å². The zero-order valence-corrected chi connectivity index (χ0v) is 11.3. The predicted octanol–water partition coefficient (Wildman–Crippen LogP) is 0.0281. The smallest absolute Gasteiger partial charge is 0.327 e. The van der Waals surface area contributed by atoms with Gasteiger partial charge in [-0.15, -0.1) is 11.8 Å². The van der Waals surface area contributed by atoms with Crippen LogP contribution in [0.1, 0.15) is 27.2 Å². The van der Waals surface area contributed by atoms with E-state index in [0.717, 1.165) is 0 Å². The van der Waals surface area contributed by atoms with Gasteiger partial charge in [0, 0.05) is 11.2 Å². The average molecular weight is 272 g/mol. The fourth-order valence-electron chi connectivity index (χ4n) is 2.42. The molecule has 2 fully saturated rings. The number of carboxylic acid groups (broad SMARTS) is 1. The Bertz CT molecular complexity index is 423. The zero-order valence-electron chi connectivity index (χ0n) is 10.5. The van der Waals surface area contributed by atoms with Gasteiger partial charge in [-0.25, -0.2) is 4.79 Å². The number of amides is 2. The van der Waals surface area contributed by atoms with Gasteiger partial charge >= 0.3 is 5.97 Å². The number of rotatable bonds is 3. The summed E-state index contributed by atoms with van der Waals surface area (Å²) in [6.07, 6.45) is 0.312. The third kappa shape index (κ3) is 1.77. The lowest BCUT2D eigenvalue weighted by Crippen LogP contribution is -2.70. The van der Waals surface area contributed by atoms with E-state index in [9.17, 15) is 19.5 Å². The molecular weight excluding hydrogens is 256 g/mol. The molecule has 2 amide bonds. The number of carbonyl (C=O) groups is 3. The summed E-state index contributed by atoms with van der Waals surface area (Å²) >= 11 is 1.43. The Labute approximate surface area is 109 Å². The Morgan fingerprint density at radius 1 is 1.50 bits per heavy atom. The van der Waals surface area contributed by atoms with Crippen LogP contribution in [0.15, 0.2) is 0 Å². The van der Waals surface area contributed by atoms with Crippen molar-refractivity contribution in [1.29, 1.82) is 0 Å². The summed E-state index contributed by atoms with van der Waals surface area (Å²) in [5, 5.41) is 11.6. The molecule has 100 valence electrons. The highest BCUT2D eigenvalue weighted by molar-refractivity contribution is 8.01. The van der Waals surface area contributed by atoms with E-state index >= 15 is 0 Å². The van der Waals surface area contributed by atoms with E-state index in [1.165, 1.54) is 16.7 Å². The highest BCUT2D eigenvalue weighted by Gasteiger charge is 2.64. The Morgan fingerprint density at radius 3 is 2.61 bits per heavy atom. The molecule has 2 aliphatic rings. The minimum absolute atomic E-state index is 0.190. The SMILES string of the molecule is CCC(=O)NC1C(=O)N2C1SC(C)(C)C2C(=O)O. The number of carbonyl (C=O) groups excluding carboxylic acids is 2. The van der Waals surface area contributed by atoms with Gasteiger partial charge in [-0.1, -0.05) is 6.92 Å². The van der Waals surface area contributed by atoms with Gasteiger partial charge in [0.05, 0.1) is 0 Å². The zero-order chi connectivity index (χ0) is 13.7. The van der Waals surface area contributed by atoms with Crippen molar-refractivity contribution in [2.45, 2.75) is 49.4 Å². The van der Waals surface area contributed by atoms with E-state index in [1.54, 1.807) is 20.8 Å². The minimum Gasteiger partial charge on any atom is -0.480 e. The number of β-lactam (4-membered cyclic amide) rings is 1. The largest absolute Gasteiger partial charge is 0.480 e. The molecule has 6 nitrogen and oxygen atoms in total. The van der Waals surface area contributed by atoms with E-state index in [1.807, 2.05) is 0 Å². The molecule has 3 atom stereocenters. The van der Waals surface area contributed by atoms with Crippen molar-refractivity contribution in [3.05, 3.63) is 0 Å². The molecule has 0 saturated carbocycles. The van der Waals surface area contributed by atoms with Crippen molar-refractivity contribution in [3.63, 3.8) is 0 Å². The maximum Gasteiger partial charge on any atom is 0.327 e. The molecule has 0 radical (unpaired) electrons. The maximum absolute atomic E-state index is 11.9. The minimum atomic E-state index is -0.997. The summed E-state index contributed by atoms with van der Waals surface area (Å²) in [5.41, 5.74) is 0. The topological polar surface area (TPSA) is 86.7 Å². The molecule has 2 saturated heterocycles. The molecular formula is C11H16N2O4S. The molecule has 2 N–H and O–H groups in total. The second-order valence-corrected chi connectivity index (χ2v) is 6.77. The highest BCUT2D eigenvalue weighted by Crippen LogP contribution is 2.50. The number of aliphatic carboxylic acids is 1. The average Bonchev–Trinajstić information content (AvgIpc) is 2.54. The summed E-state index contributed by atoms with van der Waals surface area (Å²) in [6, 6.07) is -1.40. The fourth-order valence-corrected chi connectivity index (χ4v) is 4.05. The number of thioether (sulfide) groups is 1. The molecule has 0 aromatic carbocycles. The predicted molar refractivity (Wildman–Crippen MR) is 65.9 cm³/mol. The lowest BCUT2D eigenvalue weighted by Gasteiger charge is -2.43. The second-order valence-electron chi connectivity index (χ2n) is 5.00. The quantitative estimate of drug-likeness (QED) is 0.708. The van der Waals surface area contributed by atoms with Crippen LogP contribution >= 0.6 is 11.8 Å². The number of hydrogen-bond donors (Lipinski definition) is 2.